The summed E-state index contributed by atoms with van der Waals surface area (Å²) in [6.45, 7) is 5.62. The molecule has 2 fully saturated rings. The summed E-state index contributed by atoms with van der Waals surface area (Å²) in [4.78, 5) is 25.9. The Morgan fingerprint density at radius 3 is 2.50 bits per heavy atom. The lowest BCUT2D eigenvalue weighted by Gasteiger charge is -2.37. The Bertz CT molecular complexity index is 391. The van der Waals surface area contributed by atoms with Gasteiger partial charge in [-0.25, -0.2) is 0 Å². The summed E-state index contributed by atoms with van der Waals surface area (Å²) in [5, 5.41) is 6.33. The second kappa shape index (κ2) is 10.9. The third-order valence-electron chi connectivity index (χ3n) is 4.71. The smallest absolute Gasteiger partial charge is 0.223 e. The lowest BCUT2D eigenvalue weighted by Crippen LogP contribution is -2.47. The van der Waals surface area contributed by atoms with E-state index in [2.05, 4.69) is 10.6 Å². The van der Waals surface area contributed by atoms with Crippen LogP contribution in [0.5, 0.6) is 0 Å². The van der Waals surface area contributed by atoms with Crippen LogP contribution in [0.1, 0.15) is 25.7 Å². The number of hydrogen-bond donors (Lipinski definition) is 2. The van der Waals surface area contributed by atoms with Gasteiger partial charge >= 0.3 is 0 Å². The van der Waals surface area contributed by atoms with Crippen LogP contribution in [0.4, 0.5) is 0 Å². The third-order valence-corrected chi connectivity index (χ3v) is 4.71. The van der Waals surface area contributed by atoms with Crippen LogP contribution >= 0.6 is 12.4 Å². The van der Waals surface area contributed by atoms with Crippen molar-refractivity contribution in [2.45, 2.75) is 25.7 Å². The summed E-state index contributed by atoms with van der Waals surface area (Å²) < 4.78 is 10.6. The Balaban J connectivity index is 0.00000288. The standard InChI is InChI=1S/C16H29N3O4.ClH/c1-22-13-16(4-6-17-7-5-16)12-18-14(20)2-3-15(21)19-8-10-23-11-9-19;/h17H,2-13H2,1H3,(H,18,20);1H. The van der Waals surface area contributed by atoms with Gasteiger partial charge in [-0.1, -0.05) is 0 Å². The molecule has 24 heavy (non-hydrogen) atoms. The van der Waals surface area contributed by atoms with Gasteiger partial charge in [-0.2, -0.15) is 0 Å². The van der Waals surface area contributed by atoms with Crippen LogP contribution in [0, 0.1) is 5.41 Å². The van der Waals surface area contributed by atoms with Gasteiger partial charge in [0.25, 0.3) is 0 Å². The monoisotopic (exact) mass is 363 g/mol. The van der Waals surface area contributed by atoms with Gasteiger partial charge < -0.3 is 25.0 Å². The first kappa shape index (κ1) is 21.2. The normalized spacial score (nSPS) is 20.1. The van der Waals surface area contributed by atoms with E-state index in [-0.39, 0.29) is 42.5 Å². The Kier molecular flexibility index (Phi) is 9.58. The van der Waals surface area contributed by atoms with Crippen LogP contribution in [0.25, 0.3) is 0 Å². The number of piperidine rings is 1. The molecule has 2 amide bonds. The van der Waals surface area contributed by atoms with Crippen LogP contribution in [0.15, 0.2) is 0 Å². The SMILES string of the molecule is COCC1(CNC(=O)CCC(=O)N2CCOCC2)CCNCC1.Cl. The lowest BCUT2D eigenvalue weighted by molar-refractivity contribution is -0.137. The van der Waals surface area contributed by atoms with Crippen molar-refractivity contribution in [2.24, 2.45) is 5.41 Å². The molecule has 2 aliphatic rings. The quantitative estimate of drug-likeness (QED) is 0.674. The molecule has 0 radical (unpaired) electrons. The van der Waals surface area contributed by atoms with Crippen LogP contribution in [-0.2, 0) is 19.1 Å². The number of nitrogens with zero attached hydrogens (tertiary/aromatic N) is 1. The van der Waals surface area contributed by atoms with Gasteiger partial charge in [-0.3, -0.25) is 9.59 Å². The van der Waals surface area contributed by atoms with Crippen LogP contribution in [0.2, 0.25) is 0 Å². The molecule has 0 unspecified atom stereocenters. The fourth-order valence-electron chi connectivity index (χ4n) is 3.20. The van der Waals surface area contributed by atoms with Gasteiger partial charge in [0.1, 0.15) is 0 Å². The van der Waals surface area contributed by atoms with E-state index >= 15 is 0 Å². The highest BCUT2D eigenvalue weighted by atomic mass is 35.5. The summed E-state index contributed by atoms with van der Waals surface area (Å²) in [5.74, 6) is -0.0162. The third kappa shape index (κ3) is 6.55. The van der Waals surface area contributed by atoms with E-state index in [0.29, 0.717) is 39.5 Å². The number of nitrogens with one attached hydrogen (secondary N) is 2. The summed E-state index contributed by atoms with van der Waals surface area (Å²) in [7, 11) is 1.70. The van der Waals surface area contributed by atoms with Crippen LogP contribution in [-0.4, -0.2) is 76.4 Å². The summed E-state index contributed by atoms with van der Waals surface area (Å²) in [5.41, 5.74) is 0.0177. The molecule has 140 valence electrons. The number of carbonyl (C=O) groups is 2. The average Bonchev–Trinajstić information content (AvgIpc) is 2.60. The largest absolute Gasteiger partial charge is 0.384 e. The van der Waals surface area contributed by atoms with Gasteiger partial charge in [0, 0.05) is 45.0 Å². The van der Waals surface area contributed by atoms with E-state index in [4.69, 9.17) is 9.47 Å². The summed E-state index contributed by atoms with van der Waals surface area (Å²) >= 11 is 0. The van der Waals surface area contributed by atoms with Crippen LogP contribution in [0.3, 0.4) is 0 Å². The van der Waals surface area contributed by atoms with E-state index in [1.807, 2.05) is 0 Å². The van der Waals surface area contributed by atoms with Crippen molar-refractivity contribution < 1.29 is 19.1 Å². The first-order valence-electron chi connectivity index (χ1n) is 8.47. The minimum absolute atomic E-state index is 0. The highest BCUT2D eigenvalue weighted by molar-refractivity contribution is 5.85. The zero-order chi connectivity index (χ0) is 16.5. The van der Waals surface area contributed by atoms with Crippen LogP contribution < -0.4 is 10.6 Å². The molecule has 0 bridgehead atoms. The molecule has 2 N–H and O–H groups in total. The number of hydrogen-bond acceptors (Lipinski definition) is 5. The van der Waals surface area contributed by atoms with E-state index < -0.39 is 0 Å². The number of methoxy groups -OCH3 is 1. The maximum absolute atomic E-state index is 12.1. The highest BCUT2D eigenvalue weighted by Gasteiger charge is 2.32. The van der Waals surface area contributed by atoms with Gasteiger partial charge in [-0.15, -0.1) is 12.4 Å². The Morgan fingerprint density at radius 2 is 1.88 bits per heavy atom. The minimum atomic E-state index is -0.0550. The second-order valence-corrected chi connectivity index (χ2v) is 6.45. The molecule has 7 nitrogen and oxygen atoms in total. The number of halogens is 1. The maximum Gasteiger partial charge on any atom is 0.223 e. The van der Waals surface area contributed by atoms with Crippen molar-refractivity contribution in [1.82, 2.24) is 15.5 Å². The molecule has 8 heteroatoms. The first-order chi connectivity index (χ1) is 11.2. The first-order valence-corrected chi connectivity index (χ1v) is 8.47. The molecule has 2 aliphatic heterocycles. The predicted molar refractivity (Wildman–Crippen MR) is 93.3 cm³/mol. The minimum Gasteiger partial charge on any atom is -0.384 e. The number of carbonyl (C=O) groups excluding carboxylic acids is 2. The Hall–Kier alpha value is -0.890. The Labute approximate surface area is 150 Å². The van der Waals surface area contributed by atoms with Crippen molar-refractivity contribution in [1.29, 1.82) is 0 Å². The van der Waals surface area contributed by atoms with Crippen molar-refractivity contribution in [3.63, 3.8) is 0 Å². The van der Waals surface area contributed by atoms with Crippen molar-refractivity contribution in [3.8, 4) is 0 Å². The molecule has 0 aromatic rings. The molecule has 0 spiro atoms. The van der Waals surface area contributed by atoms with Crippen molar-refractivity contribution >= 4 is 24.2 Å². The predicted octanol–water partition coefficient (Wildman–Crippen LogP) is 0.180. The molecule has 0 aromatic carbocycles. The molecule has 0 aromatic heterocycles. The van der Waals surface area contributed by atoms with E-state index in [9.17, 15) is 9.59 Å². The van der Waals surface area contributed by atoms with Gasteiger partial charge in [0.15, 0.2) is 0 Å². The fourth-order valence-corrected chi connectivity index (χ4v) is 3.20. The lowest BCUT2D eigenvalue weighted by atomic mass is 9.79. The molecule has 2 heterocycles. The molecular weight excluding hydrogens is 334 g/mol. The van der Waals surface area contributed by atoms with Gasteiger partial charge in [0.05, 0.1) is 19.8 Å². The van der Waals surface area contributed by atoms with Gasteiger partial charge in [-0.05, 0) is 25.9 Å². The van der Waals surface area contributed by atoms with E-state index in [1.54, 1.807) is 12.0 Å². The number of amides is 2. The van der Waals surface area contributed by atoms with Crippen molar-refractivity contribution in [2.75, 3.05) is 59.7 Å². The molecule has 2 rings (SSSR count). The molecule has 0 aliphatic carbocycles. The highest BCUT2D eigenvalue weighted by Crippen LogP contribution is 2.28. The number of morpholine rings is 1. The average molecular weight is 364 g/mol. The topological polar surface area (TPSA) is 79.9 Å². The molecule has 0 saturated carbocycles. The van der Waals surface area contributed by atoms with E-state index in [1.165, 1.54) is 0 Å². The maximum atomic E-state index is 12.1. The molecule has 0 atom stereocenters. The zero-order valence-corrected chi connectivity index (χ0v) is 15.3. The van der Waals surface area contributed by atoms with E-state index in [0.717, 1.165) is 25.9 Å². The summed E-state index contributed by atoms with van der Waals surface area (Å²) in [6, 6.07) is 0. The van der Waals surface area contributed by atoms with Crippen molar-refractivity contribution in [3.05, 3.63) is 0 Å². The Morgan fingerprint density at radius 1 is 1.21 bits per heavy atom. The summed E-state index contributed by atoms with van der Waals surface area (Å²) in [6.07, 6.45) is 2.50. The van der Waals surface area contributed by atoms with Gasteiger partial charge in [0.2, 0.25) is 11.8 Å². The molecule has 2 saturated heterocycles. The molecular formula is C16H30ClN3O4. The number of rotatable bonds is 7. The number of ether oxygens (including phenoxy) is 2. The second-order valence-electron chi connectivity index (χ2n) is 6.45. The fraction of sp³-hybridized carbons (Fsp3) is 0.875. The zero-order valence-electron chi connectivity index (χ0n) is 14.5.